The van der Waals surface area contributed by atoms with E-state index in [0.717, 1.165) is 25.3 Å². The monoisotopic (exact) mass is 293 g/mol. The molecule has 118 valence electrons. The first-order valence-corrected chi connectivity index (χ1v) is 7.68. The Labute approximate surface area is 128 Å². The van der Waals surface area contributed by atoms with E-state index < -0.39 is 0 Å². The third kappa shape index (κ3) is 7.25. The summed E-state index contributed by atoms with van der Waals surface area (Å²) in [6.45, 7) is 10.2. The van der Waals surface area contributed by atoms with Crippen LogP contribution in [0, 0.1) is 5.92 Å². The summed E-state index contributed by atoms with van der Waals surface area (Å²) in [6.07, 6.45) is 0. The molecule has 0 saturated carbocycles. The van der Waals surface area contributed by atoms with Gasteiger partial charge in [-0.25, -0.2) is 0 Å². The van der Waals surface area contributed by atoms with Gasteiger partial charge in [0.15, 0.2) is 0 Å². The second kappa shape index (κ2) is 10.4. The molecule has 0 bridgehead atoms. The molecular formula is C17H27NO3. The Morgan fingerprint density at radius 3 is 2.57 bits per heavy atom. The van der Waals surface area contributed by atoms with Crippen LogP contribution in [0.5, 0.6) is 0 Å². The second-order valence-corrected chi connectivity index (χ2v) is 5.08. The normalized spacial score (nSPS) is 12.4. The summed E-state index contributed by atoms with van der Waals surface area (Å²) < 4.78 is 10.7. The Kier molecular flexibility index (Phi) is 8.71. The number of ether oxygens (including phenoxy) is 2. The number of nitrogens with zero attached hydrogens (tertiary/aromatic N) is 1. The van der Waals surface area contributed by atoms with E-state index in [1.165, 1.54) is 0 Å². The highest BCUT2D eigenvalue weighted by Crippen LogP contribution is 2.06. The molecule has 1 aromatic carbocycles. The summed E-state index contributed by atoms with van der Waals surface area (Å²) >= 11 is 0. The van der Waals surface area contributed by atoms with E-state index in [-0.39, 0.29) is 11.9 Å². The lowest BCUT2D eigenvalue weighted by Gasteiger charge is -2.23. The summed E-state index contributed by atoms with van der Waals surface area (Å²) in [5.74, 6) is -0.274. The van der Waals surface area contributed by atoms with E-state index in [4.69, 9.17) is 9.47 Å². The number of carbonyl (C=O) groups is 1. The number of likely N-dealkylation sites (N-methyl/N-ethyl adjacent to an activating group) is 1. The summed E-state index contributed by atoms with van der Waals surface area (Å²) in [6, 6.07) is 9.75. The predicted octanol–water partition coefficient (Wildman–Crippen LogP) is 2.72. The Morgan fingerprint density at radius 2 is 1.95 bits per heavy atom. The van der Waals surface area contributed by atoms with Crippen molar-refractivity contribution in [2.45, 2.75) is 27.4 Å². The van der Waals surface area contributed by atoms with Gasteiger partial charge in [0.2, 0.25) is 0 Å². The molecular weight excluding hydrogens is 266 g/mol. The fraction of sp³-hybridized carbons (Fsp3) is 0.588. The molecule has 0 aromatic heterocycles. The van der Waals surface area contributed by atoms with Crippen LogP contribution in [0.15, 0.2) is 30.3 Å². The van der Waals surface area contributed by atoms with Gasteiger partial charge in [-0.2, -0.15) is 0 Å². The van der Waals surface area contributed by atoms with Crippen LogP contribution in [0.1, 0.15) is 26.3 Å². The zero-order valence-corrected chi connectivity index (χ0v) is 13.4. The van der Waals surface area contributed by atoms with E-state index >= 15 is 0 Å². The molecule has 0 amide bonds. The molecule has 0 fully saturated rings. The van der Waals surface area contributed by atoms with Crippen molar-refractivity contribution in [1.29, 1.82) is 0 Å². The van der Waals surface area contributed by atoms with Gasteiger partial charge in [0.25, 0.3) is 0 Å². The maximum absolute atomic E-state index is 12.0. The smallest absolute Gasteiger partial charge is 0.310 e. The molecule has 4 heteroatoms. The number of hydrogen-bond donors (Lipinski definition) is 0. The van der Waals surface area contributed by atoms with Crippen molar-refractivity contribution in [1.82, 2.24) is 4.90 Å². The van der Waals surface area contributed by atoms with Crippen molar-refractivity contribution in [2.75, 3.05) is 32.8 Å². The maximum Gasteiger partial charge on any atom is 0.310 e. The summed E-state index contributed by atoms with van der Waals surface area (Å²) in [4.78, 5) is 14.2. The summed E-state index contributed by atoms with van der Waals surface area (Å²) in [5.41, 5.74) is 1.02. The van der Waals surface area contributed by atoms with E-state index in [1.54, 1.807) is 0 Å². The standard InChI is InChI=1S/C17H27NO3/c1-4-18(11-12-20-5-2)13-15(3)17(19)21-14-16-9-7-6-8-10-16/h6-10,15H,4-5,11-14H2,1-3H3. The molecule has 1 rings (SSSR count). The molecule has 0 saturated heterocycles. The zero-order valence-electron chi connectivity index (χ0n) is 13.4. The third-order valence-electron chi connectivity index (χ3n) is 3.36. The molecule has 1 atom stereocenters. The lowest BCUT2D eigenvalue weighted by atomic mass is 10.1. The highest BCUT2D eigenvalue weighted by molar-refractivity contribution is 5.72. The van der Waals surface area contributed by atoms with Crippen LogP contribution >= 0.6 is 0 Å². The van der Waals surface area contributed by atoms with E-state index in [9.17, 15) is 4.79 Å². The largest absolute Gasteiger partial charge is 0.461 e. The molecule has 0 N–H and O–H groups in total. The Morgan fingerprint density at radius 1 is 1.24 bits per heavy atom. The van der Waals surface area contributed by atoms with Gasteiger partial charge >= 0.3 is 5.97 Å². The first-order chi connectivity index (χ1) is 10.2. The molecule has 0 aliphatic carbocycles. The highest BCUT2D eigenvalue weighted by atomic mass is 16.5. The van der Waals surface area contributed by atoms with Crippen molar-refractivity contribution in [3.63, 3.8) is 0 Å². The number of rotatable bonds is 10. The number of esters is 1. The molecule has 0 aliphatic rings. The quantitative estimate of drug-likeness (QED) is 0.491. The number of hydrogen-bond acceptors (Lipinski definition) is 4. The van der Waals surface area contributed by atoms with Gasteiger partial charge in [0.1, 0.15) is 6.61 Å². The number of benzene rings is 1. The Bertz CT molecular complexity index is 394. The van der Waals surface area contributed by atoms with E-state index in [0.29, 0.717) is 19.8 Å². The summed E-state index contributed by atoms with van der Waals surface area (Å²) in [7, 11) is 0. The number of carbonyl (C=O) groups excluding carboxylic acids is 1. The van der Waals surface area contributed by atoms with Crippen LogP contribution in [-0.4, -0.2) is 43.7 Å². The molecule has 0 radical (unpaired) electrons. The van der Waals surface area contributed by atoms with Crippen LogP contribution in [0.3, 0.4) is 0 Å². The van der Waals surface area contributed by atoms with E-state index in [1.807, 2.05) is 44.2 Å². The minimum Gasteiger partial charge on any atom is -0.461 e. The zero-order chi connectivity index (χ0) is 15.5. The van der Waals surface area contributed by atoms with Gasteiger partial charge in [0.05, 0.1) is 12.5 Å². The molecule has 1 unspecified atom stereocenters. The molecule has 0 spiro atoms. The molecule has 21 heavy (non-hydrogen) atoms. The molecule has 4 nitrogen and oxygen atoms in total. The minimum absolute atomic E-state index is 0.129. The average molecular weight is 293 g/mol. The Hall–Kier alpha value is -1.39. The predicted molar refractivity (Wildman–Crippen MR) is 84.0 cm³/mol. The van der Waals surface area contributed by atoms with Gasteiger partial charge < -0.3 is 14.4 Å². The van der Waals surface area contributed by atoms with Crippen molar-refractivity contribution >= 4 is 5.97 Å². The van der Waals surface area contributed by atoms with Crippen LogP contribution in [0.2, 0.25) is 0 Å². The molecule has 0 aliphatic heterocycles. The highest BCUT2D eigenvalue weighted by Gasteiger charge is 2.17. The average Bonchev–Trinajstić information content (AvgIpc) is 2.52. The van der Waals surface area contributed by atoms with Crippen molar-refractivity contribution in [3.05, 3.63) is 35.9 Å². The minimum atomic E-state index is -0.145. The van der Waals surface area contributed by atoms with Gasteiger partial charge in [-0.15, -0.1) is 0 Å². The maximum atomic E-state index is 12.0. The SMILES string of the molecule is CCOCCN(CC)CC(C)C(=O)OCc1ccccc1. The fourth-order valence-electron chi connectivity index (χ4n) is 2.05. The topological polar surface area (TPSA) is 38.8 Å². The lowest BCUT2D eigenvalue weighted by molar-refractivity contribution is -0.150. The van der Waals surface area contributed by atoms with Crippen LogP contribution in [0.25, 0.3) is 0 Å². The van der Waals surface area contributed by atoms with Crippen LogP contribution in [0.4, 0.5) is 0 Å². The van der Waals surface area contributed by atoms with E-state index in [2.05, 4.69) is 11.8 Å². The van der Waals surface area contributed by atoms with Crippen molar-refractivity contribution in [2.24, 2.45) is 5.92 Å². The fourth-order valence-corrected chi connectivity index (χ4v) is 2.05. The summed E-state index contributed by atoms with van der Waals surface area (Å²) in [5, 5.41) is 0. The molecule has 0 heterocycles. The van der Waals surface area contributed by atoms with Crippen molar-refractivity contribution in [3.8, 4) is 0 Å². The third-order valence-corrected chi connectivity index (χ3v) is 3.36. The van der Waals surface area contributed by atoms with Gasteiger partial charge in [0, 0.05) is 19.7 Å². The van der Waals surface area contributed by atoms with Gasteiger partial charge in [-0.05, 0) is 19.0 Å². The van der Waals surface area contributed by atoms with Crippen molar-refractivity contribution < 1.29 is 14.3 Å². The first kappa shape index (κ1) is 17.7. The second-order valence-electron chi connectivity index (χ2n) is 5.08. The van der Waals surface area contributed by atoms with Gasteiger partial charge in [-0.3, -0.25) is 4.79 Å². The van der Waals surface area contributed by atoms with Crippen LogP contribution in [-0.2, 0) is 20.9 Å². The lowest BCUT2D eigenvalue weighted by Crippen LogP contribution is -2.35. The molecule has 1 aromatic rings. The van der Waals surface area contributed by atoms with Gasteiger partial charge in [-0.1, -0.05) is 44.2 Å². The Balaban J connectivity index is 2.32. The van der Waals surface area contributed by atoms with Crippen LogP contribution < -0.4 is 0 Å². The first-order valence-electron chi connectivity index (χ1n) is 7.68.